The van der Waals surface area contributed by atoms with Crippen LogP contribution in [0.5, 0.6) is 0 Å². The molecule has 25 heavy (non-hydrogen) atoms. The molecule has 0 aliphatic rings. The molecule has 3 rings (SSSR count). The van der Waals surface area contributed by atoms with Crippen molar-refractivity contribution in [3.63, 3.8) is 0 Å². The molecule has 3 aromatic rings. The number of carbonyl (C=O) groups excluding carboxylic acids is 1. The molecule has 0 unspecified atom stereocenters. The molecule has 0 bridgehead atoms. The lowest BCUT2D eigenvalue weighted by atomic mass is 9.95. The highest BCUT2D eigenvalue weighted by molar-refractivity contribution is 6.32. The average molecular weight is 332 g/mol. The van der Waals surface area contributed by atoms with Crippen LogP contribution in [0.15, 0.2) is 59.1 Å². The summed E-state index contributed by atoms with van der Waals surface area (Å²) in [5.74, 6) is 0.460. The van der Waals surface area contributed by atoms with Gasteiger partial charge in [-0.15, -0.1) is 0 Å². The lowest BCUT2D eigenvalue weighted by molar-refractivity contribution is 0.121. The molecule has 0 aliphatic heterocycles. The van der Waals surface area contributed by atoms with E-state index < -0.39 is 6.09 Å². The standard InChI is InChI=1S/C19H17BN2O3/c1-12-17(18(25-22-12)15-8-10-16(20)11-9-15)21-19(23)24-13(2)14-6-4-3-5-7-14/h3-11,13H,1-2H3,(H,21,23)/t13-/m1/s1. The van der Waals surface area contributed by atoms with Crippen LogP contribution in [0, 0.1) is 6.92 Å². The van der Waals surface area contributed by atoms with Gasteiger partial charge in [-0.2, -0.15) is 0 Å². The molecule has 0 fully saturated rings. The van der Waals surface area contributed by atoms with E-state index in [9.17, 15) is 4.79 Å². The maximum Gasteiger partial charge on any atom is 0.412 e. The normalized spacial score (nSPS) is 11.8. The molecular weight excluding hydrogens is 315 g/mol. The number of hydrogen-bond donors (Lipinski definition) is 1. The molecule has 0 spiro atoms. The smallest absolute Gasteiger partial charge is 0.412 e. The van der Waals surface area contributed by atoms with Crippen LogP contribution in [0.2, 0.25) is 0 Å². The number of anilines is 1. The van der Waals surface area contributed by atoms with Crippen LogP contribution < -0.4 is 10.8 Å². The molecule has 1 N–H and O–H groups in total. The number of aryl methyl sites for hydroxylation is 1. The van der Waals surface area contributed by atoms with Gasteiger partial charge in [0.1, 0.15) is 25.3 Å². The molecule has 124 valence electrons. The second-order valence-corrected chi connectivity index (χ2v) is 5.68. The second kappa shape index (κ2) is 7.26. The van der Waals surface area contributed by atoms with Gasteiger partial charge in [-0.3, -0.25) is 5.32 Å². The molecule has 5 nitrogen and oxygen atoms in total. The number of carbonyl (C=O) groups is 1. The Hall–Kier alpha value is -3.02. The zero-order valence-corrected chi connectivity index (χ0v) is 14.0. The summed E-state index contributed by atoms with van der Waals surface area (Å²) >= 11 is 0. The molecule has 1 heterocycles. The van der Waals surface area contributed by atoms with E-state index in [1.807, 2.05) is 37.3 Å². The number of nitrogens with zero attached hydrogens (tertiary/aromatic N) is 1. The number of rotatable bonds is 4. The van der Waals surface area contributed by atoms with Gasteiger partial charge in [0.05, 0.1) is 0 Å². The molecule has 0 saturated heterocycles. The van der Waals surface area contributed by atoms with E-state index in [-0.39, 0.29) is 6.10 Å². The molecule has 1 amide bonds. The van der Waals surface area contributed by atoms with Crippen LogP contribution in [-0.2, 0) is 4.74 Å². The molecule has 0 aliphatic carbocycles. The fraction of sp³-hybridized carbons (Fsp3) is 0.158. The van der Waals surface area contributed by atoms with Crippen molar-refractivity contribution in [2.24, 2.45) is 0 Å². The minimum absolute atomic E-state index is 0.374. The first kappa shape index (κ1) is 16.8. The fourth-order valence-corrected chi connectivity index (χ4v) is 2.43. The lowest BCUT2D eigenvalue weighted by Gasteiger charge is -2.14. The number of nitrogens with one attached hydrogen (secondary N) is 1. The number of benzene rings is 2. The minimum atomic E-state index is -0.570. The largest absolute Gasteiger partial charge is 0.441 e. The maximum atomic E-state index is 12.3. The molecule has 2 radical (unpaired) electrons. The summed E-state index contributed by atoms with van der Waals surface area (Å²) in [5, 5.41) is 6.65. The highest BCUT2D eigenvalue weighted by Gasteiger charge is 2.19. The van der Waals surface area contributed by atoms with E-state index in [0.29, 0.717) is 22.6 Å². The third kappa shape index (κ3) is 3.91. The Morgan fingerprint density at radius 1 is 1.16 bits per heavy atom. The first-order chi connectivity index (χ1) is 12.0. The van der Waals surface area contributed by atoms with Gasteiger partial charge in [0.2, 0.25) is 0 Å². The van der Waals surface area contributed by atoms with E-state index in [1.54, 1.807) is 31.2 Å². The van der Waals surface area contributed by atoms with Crippen molar-refractivity contribution in [1.29, 1.82) is 0 Å². The molecule has 0 saturated carbocycles. The summed E-state index contributed by atoms with van der Waals surface area (Å²) in [4.78, 5) is 12.3. The van der Waals surface area contributed by atoms with Crippen molar-refractivity contribution in [2.45, 2.75) is 20.0 Å². The van der Waals surface area contributed by atoms with Crippen LogP contribution >= 0.6 is 0 Å². The van der Waals surface area contributed by atoms with Gasteiger partial charge in [-0.05, 0) is 19.4 Å². The first-order valence-electron chi connectivity index (χ1n) is 7.89. The van der Waals surface area contributed by atoms with Gasteiger partial charge in [0.15, 0.2) is 5.76 Å². The molecule has 1 atom stereocenters. The third-order valence-corrected chi connectivity index (χ3v) is 3.82. The van der Waals surface area contributed by atoms with Gasteiger partial charge in [0.25, 0.3) is 0 Å². The Kier molecular flexibility index (Phi) is 4.88. The number of aromatic nitrogens is 1. The Labute approximate surface area is 147 Å². The molecule has 1 aromatic heterocycles. The van der Waals surface area contributed by atoms with Gasteiger partial charge in [-0.1, -0.05) is 65.2 Å². The lowest BCUT2D eigenvalue weighted by Crippen LogP contribution is -2.16. The van der Waals surface area contributed by atoms with E-state index in [2.05, 4.69) is 10.5 Å². The quantitative estimate of drug-likeness (QED) is 0.739. The van der Waals surface area contributed by atoms with E-state index in [0.717, 1.165) is 11.1 Å². The van der Waals surface area contributed by atoms with Gasteiger partial charge >= 0.3 is 6.09 Å². The monoisotopic (exact) mass is 332 g/mol. The van der Waals surface area contributed by atoms with Crippen molar-refractivity contribution in [3.8, 4) is 11.3 Å². The Morgan fingerprint density at radius 2 is 1.84 bits per heavy atom. The van der Waals surface area contributed by atoms with Crippen LogP contribution in [-0.4, -0.2) is 19.1 Å². The van der Waals surface area contributed by atoms with Crippen molar-refractivity contribution < 1.29 is 14.1 Å². The number of amides is 1. The summed E-state index contributed by atoms with van der Waals surface area (Å²) in [6, 6.07) is 16.6. The topological polar surface area (TPSA) is 64.4 Å². The minimum Gasteiger partial charge on any atom is -0.441 e. The van der Waals surface area contributed by atoms with E-state index in [4.69, 9.17) is 17.1 Å². The van der Waals surface area contributed by atoms with Crippen LogP contribution in [0.25, 0.3) is 11.3 Å². The summed E-state index contributed by atoms with van der Waals surface area (Å²) in [6.07, 6.45) is -0.944. The Bertz CT molecular complexity index is 860. The summed E-state index contributed by atoms with van der Waals surface area (Å²) in [6.45, 7) is 3.57. The number of ether oxygens (including phenoxy) is 1. The summed E-state index contributed by atoms with van der Waals surface area (Å²) < 4.78 is 10.8. The molecule has 2 aromatic carbocycles. The Morgan fingerprint density at radius 3 is 2.52 bits per heavy atom. The van der Waals surface area contributed by atoms with Crippen molar-refractivity contribution in [3.05, 3.63) is 65.9 Å². The van der Waals surface area contributed by atoms with Crippen LogP contribution in [0.4, 0.5) is 10.5 Å². The van der Waals surface area contributed by atoms with Crippen molar-refractivity contribution >= 4 is 25.1 Å². The number of hydrogen-bond acceptors (Lipinski definition) is 4. The molecule has 6 heteroatoms. The maximum absolute atomic E-state index is 12.3. The predicted octanol–water partition coefficient (Wildman–Crippen LogP) is 3.75. The van der Waals surface area contributed by atoms with E-state index in [1.165, 1.54) is 0 Å². The zero-order valence-electron chi connectivity index (χ0n) is 14.0. The van der Waals surface area contributed by atoms with Gasteiger partial charge in [-0.25, -0.2) is 4.79 Å². The summed E-state index contributed by atoms with van der Waals surface area (Å²) in [7, 11) is 5.70. The first-order valence-corrected chi connectivity index (χ1v) is 7.89. The van der Waals surface area contributed by atoms with Crippen molar-refractivity contribution in [2.75, 3.05) is 5.32 Å². The van der Waals surface area contributed by atoms with Crippen LogP contribution in [0.3, 0.4) is 0 Å². The van der Waals surface area contributed by atoms with Crippen LogP contribution in [0.1, 0.15) is 24.3 Å². The zero-order chi connectivity index (χ0) is 17.8. The SMILES string of the molecule is [B]c1ccc(-c2onc(C)c2NC(=O)O[C@H](C)c2ccccc2)cc1. The predicted molar refractivity (Wildman–Crippen MR) is 97.0 cm³/mol. The second-order valence-electron chi connectivity index (χ2n) is 5.68. The van der Waals surface area contributed by atoms with Crippen molar-refractivity contribution in [1.82, 2.24) is 5.16 Å². The third-order valence-electron chi connectivity index (χ3n) is 3.82. The summed E-state index contributed by atoms with van der Waals surface area (Å²) in [5.41, 5.74) is 3.37. The highest BCUT2D eigenvalue weighted by atomic mass is 16.6. The van der Waals surface area contributed by atoms with Gasteiger partial charge in [0, 0.05) is 5.56 Å². The highest BCUT2D eigenvalue weighted by Crippen LogP contribution is 2.31. The molecular formula is C19H17BN2O3. The van der Waals surface area contributed by atoms with Gasteiger partial charge < -0.3 is 9.26 Å². The Balaban J connectivity index is 1.75. The van der Waals surface area contributed by atoms with E-state index >= 15 is 0 Å². The average Bonchev–Trinajstić information content (AvgIpc) is 2.97. The fourth-order valence-electron chi connectivity index (χ4n) is 2.43.